The highest BCUT2D eigenvalue weighted by molar-refractivity contribution is 6.31. The van der Waals surface area contributed by atoms with E-state index in [1.165, 1.54) is 16.7 Å². The van der Waals surface area contributed by atoms with Crippen molar-refractivity contribution in [2.75, 3.05) is 0 Å². The molecule has 2 atom stereocenters. The van der Waals surface area contributed by atoms with Crippen LogP contribution in [-0.4, -0.2) is 6.04 Å². The molecule has 0 fully saturated rings. The van der Waals surface area contributed by atoms with Crippen LogP contribution in [0, 0.1) is 6.92 Å². The molecular formula is C18H20ClN. The van der Waals surface area contributed by atoms with Gasteiger partial charge in [-0.25, -0.2) is 0 Å². The summed E-state index contributed by atoms with van der Waals surface area (Å²) in [5, 5.41) is 0.840. The highest BCUT2D eigenvalue weighted by atomic mass is 35.5. The zero-order chi connectivity index (χ0) is 14.1. The summed E-state index contributed by atoms with van der Waals surface area (Å²) in [5.74, 6) is 0.462. The van der Waals surface area contributed by atoms with Gasteiger partial charge in [-0.3, -0.25) is 0 Å². The number of benzene rings is 2. The lowest BCUT2D eigenvalue weighted by Crippen LogP contribution is -2.29. The molecule has 0 aliphatic heterocycles. The minimum absolute atomic E-state index is 0.138. The van der Waals surface area contributed by atoms with Gasteiger partial charge in [0.1, 0.15) is 0 Å². The predicted octanol–water partition coefficient (Wildman–Crippen LogP) is 4.25. The summed E-state index contributed by atoms with van der Waals surface area (Å²) in [6.45, 7) is 2.06. The van der Waals surface area contributed by atoms with Crippen LogP contribution in [0.25, 0.3) is 0 Å². The van der Waals surface area contributed by atoms with E-state index in [-0.39, 0.29) is 6.04 Å². The van der Waals surface area contributed by atoms with E-state index >= 15 is 0 Å². The molecule has 0 radical (unpaired) electrons. The average molecular weight is 286 g/mol. The van der Waals surface area contributed by atoms with Gasteiger partial charge in [0, 0.05) is 11.1 Å². The lowest BCUT2D eigenvalue weighted by atomic mass is 9.89. The van der Waals surface area contributed by atoms with Crippen molar-refractivity contribution in [2.45, 2.75) is 38.1 Å². The molecule has 2 aromatic rings. The summed E-state index contributed by atoms with van der Waals surface area (Å²) < 4.78 is 0. The van der Waals surface area contributed by atoms with Crippen molar-refractivity contribution in [3.05, 3.63) is 69.7 Å². The SMILES string of the molecule is Cc1ccc(CC(N)C2CCc3ccccc32)c(Cl)c1. The molecule has 0 amide bonds. The van der Waals surface area contributed by atoms with E-state index in [1.54, 1.807) is 0 Å². The van der Waals surface area contributed by atoms with Crippen molar-refractivity contribution >= 4 is 11.6 Å². The first-order valence-electron chi connectivity index (χ1n) is 7.23. The van der Waals surface area contributed by atoms with Gasteiger partial charge in [0.05, 0.1) is 0 Å². The summed E-state index contributed by atoms with van der Waals surface area (Å²) in [6.07, 6.45) is 3.15. The molecule has 0 heterocycles. The predicted molar refractivity (Wildman–Crippen MR) is 85.4 cm³/mol. The fourth-order valence-electron chi connectivity index (χ4n) is 3.25. The molecule has 2 heteroatoms. The normalized spacial score (nSPS) is 18.9. The van der Waals surface area contributed by atoms with Gasteiger partial charge in [-0.15, -0.1) is 0 Å². The minimum Gasteiger partial charge on any atom is -0.327 e. The van der Waals surface area contributed by atoms with Gasteiger partial charge in [0.25, 0.3) is 0 Å². The second kappa shape index (κ2) is 5.59. The third kappa shape index (κ3) is 2.61. The first kappa shape index (κ1) is 13.7. The van der Waals surface area contributed by atoms with Crippen molar-refractivity contribution in [1.82, 2.24) is 0 Å². The average Bonchev–Trinajstić information content (AvgIpc) is 2.86. The summed E-state index contributed by atoms with van der Waals surface area (Å²) >= 11 is 6.32. The van der Waals surface area contributed by atoms with Gasteiger partial charge in [0.2, 0.25) is 0 Å². The zero-order valence-corrected chi connectivity index (χ0v) is 12.5. The lowest BCUT2D eigenvalue weighted by molar-refractivity contribution is 0.525. The summed E-state index contributed by atoms with van der Waals surface area (Å²) in [5.41, 5.74) is 11.7. The lowest BCUT2D eigenvalue weighted by Gasteiger charge is -2.21. The molecular weight excluding hydrogens is 266 g/mol. The maximum absolute atomic E-state index is 6.47. The zero-order valence-electron chi connectivity index (χ0n) is 11.8. The largest absolute Gasteiger partial charge is 0.327 e. The van der Waals surface area contributed by atoms with Crippen molar-refractivity contribution in [3.8, 4) is 0 Å². The monoisotopic (exact) mass is 285 g/mol. The Kier molecular flexibility index (Phi) is 3.82. The summed E-state index contributed by atoms with van der Waals surface area (Å²) in [6, 6.07) is 15.1. The van der Waals surface area contributed by atoms with Crippen LogP contribution in [0.3, 0.4) is 0 Å². The summed E-state index contributed by atoms with van der Waals surface area (Å²) in [4.78, 5) is 0. The van der Waals surface area contributed by atoms with Crippen LogP contribution in [0.15, 0.2) is 42.5 Å². The summed E-state index contributed by atoms with van der Waals surface area (Å²) in [7, 11) is 0. The Labute approximate surface area is 125 Å². The fraction of sp³-hybridized carbons (Fsp3) is 0.333. The van der Waals surface area contributed by atoms with Crippen molar-refractivity contribution in [2.24, 2.45) is 5.73 Å². The van der Waals surface area contributed by atoms with Gasteiger partial charge in [-0.2, -0.15) is 0 Å². The van der Waals surface area contributed by atoms with Gasteiger partial charge < -0.3 is 5.73 Å². The van der Waals surface area contributed by atoms with Crippen molar-refractivity contribution in [1.29, 1.82) is 0 Å². The van der Waals surface area contributed by atoms with E-state index in [4.69, 9.17) is 17.3 Å². The number of rotatable bonds is 3. The molecule has 2 unspecified atom stereocenters. The minimum atomic E-state index is 0.138. The Bertz CT molecular complexity index is 621. The van der Waals surface area contributed by atoms with Crippen molar-refractivity contribution < 1.29 is 0 Å². The first-order chi connectivity index (χ1) is 9.65. The second-order valence-electron chi connectivity index (χ2n) is 5.81. The van der Waals surface area contributed by atoms with E-state index in [0.29, 0.717) is 5.92 Å². The van der Waals surface area contributed by atoms with E-state index in [2.05, 4.69) is 43.3 Å². The molecule has 0 spiro atoms. The molecule has 0 saturated heterocycles. The highest BCUT2D eigenvalue weighted by Crippen LogP contribution is 2.36. The number of hydrogen-bond donors (Lipinski definition) is 1. The fourth-order valence-corrected chi connectivity index (χ4v) is 3.56. The van der Waals surface area contributed by atoms with E-state index < -0.39 is 0 Å². The Morgan fingerprint density at radius 1 is 1.25 bits per heavy atom. The molecule has 3 rings (SSSR count). The Hall–Kier alpha value is -1.31. The first-order valence-corrected chi connectivity index (χ1v) is 7.61. The highest BCUT2D eigenvalue weighted by Gasteiger charge is 2.27. The number of aryl methyl sites for hydroxylation is 2. The molecule has 1 nitrogen and oxygen atoms in total. The van der Waals surface area contributed by atoms with Gasteiger partial charge in [-0.05, 0) is 60.4 Å². The molecule has 1 aliphatic carbocycles. The molecule has 104 valence electrons. The van der Waals surface area contributed by atoms with Crippen LogP contribution in [-0.2, 0) is 12.8 Å². The van der Waals surface area contributed by atoms with Crippen LogP contribution in [0.1, 0.15) is 34.6 Å². The molecule has 2 N–H and O–H groups in total. The van der Waals surface area contributed by atoms with Gasteiger partial charge >= 0.3 is 0 Å². The van der Waals surface area contributed by atoms with E-state index in [9.17, 15) is 0 Å². The number of fused-ring (bicyclic) bond motifs is 1. The van der Waals surface area contributed by atoms with E-state index in [1.807, 2.05) is 6.07 Å². The maximum atomic E-state index is 6.47. The standard InChI is InChI=1S/C18H20ClN/c1-12-6-7-14(17(19)10-12)11-18(20)16-9-8-13-4-2-3-5-15(13)16/h2-7,10,16,18H,8-9,11,20H2,1H3. The quantitative estimate of drug-likeness (QED) is 0.896. The molecule has 0 bridgehead atoms. The smallest absolute Gasteiger partial charge is 0.0441 e. The van der Waals surface area contributed by atoms with Crippen LogP contribution < -0.4 is 5.73 Å². The Morgan fingerprint density at radius 3 is 2.85 bits per heavy atom. The molecule has 2 aromatic carbocycles. The van der Waals surface area contributed by atoms with Gasteiger partial charge in [0.15, 0.2) is 0 Å². The number of nitrogens with two attached hydrogens (primary N) is 1. The Morgan fingerprint density at radius 2 is 2.05 bits per heavy atom. The van der Waals surface area contributed by atoms with Crippen LogP contribution >= 0.6 is 11.6 Å². The van der Waals surface area contributed by atoms with E-state index in [0.717, 1.165) is 29.8 Å². The molecule has 20 heavy (non-hydrogen) atoms. The topological polar surface area (TPSA) is 26.0 Å². The van der Waals surface area contributed by atoms with Gasteiger partial charge in [-0.1, -0.05) is 48.0 Å². The van der Waals surface area contributed by atoms with Crippen molar-refractivity contribution in [3.63, 3.8) is 0 Å². The molecule has 0 aromatic heterocycles. The maximum Gasteiger partial charge on any atom is 0.0441 e. The third-order valence-corrected chi connectivity index (χ3v) is 4.71. The Balaban J connectivity index is 1.79. The molecule has 0 saturated carbocycles. The van der Waals surface area contributed by atoms with Crippen LogP contribution in [0.5, 0.6) is 0 Å². The third-order valence-electron chi connectivity index (χ3n) is 4.36. The number of hydrogen-bond acceptors (Lipinski definition) is 1. The molecule has 1 aliphatic rings. The number of halogens is 1. The van der Waals surface area contributed by atoms with Crippen LogP contribution in [0.2, 0.25) is 5.02 Å². The van der Waals surface area contributed by atoms with Crippen LogP contribution in [0.4, 0.5) is 0 Å². The second-order valence-corrected chi connectivity index (χ2v) is 6.21.